The van der Waals surface area contributed by atoms with Gasteiger partial charge in [-0.15, -0.1) is 11.3 Å². The zero-order valence-corrected chi connectivity index (χ0v) is 20.1. The molecule has 0 aliphatic carbocycles. The van der Waals surface area contributed by atoms with Crippen molar-refractivity contribution in [3.05, 3.63) is 20.8 Å². The first-order valence-corrected chi connectivity index (χ1v) is 12.4. The molecular formula is C21H29N3O5S2. The van der Waals surface area contributed by atoms with Crippen LogP contribution in [0.4, 0.5) is 0 Å². The van der Waals surface area contributed by atoms with Crippen LogP contribution in [0.2, 0.25) is 0 Å². The highest BCUT2D eigenvalue weighted by atomic mass is 32.2. The average Bonchev–Trinajstić information content (AvgIpc) is 3.37. The second kappa shape index (κ2) is 10.6. The summed E-state index contributed by atoms with van der Waals surface area (Å²) in [5.74, 6) is -0.248. The minimum absolute atomic E-state index is 0.00239. The molecule has 1 fully saturated rings. The summed E-state index contributed by atoms with van der Waals surface area (Å²) in [7, 11) is 0. The Morgan fingerprint density at radius 3 is 2.68 bits per heavy atom. The predicted molar refractivity (Wildman–Crippen MR) is 122 cm³/mol. The molecule has 8 nitrogen and oxygen atoms in total. The Morgan fingerprint density at radius 2 is 2.06 bits per heavy atom. The number of amides is 1. The number of aryl methyl sites for hydroxylation is 1. The fourth-order valence-corrected chi connectivity index (χ4v) is 5.67. The molecule has 1 aliphatic heterocycles. The van der Waals surface area contributed by atoms with E-state index in [1.54, 1.807) is 23.3 Å². The van der Waals surface area contributed by atoms with E-state index in [4.69, 9.17) is 14.5 Å². The molecule has 0 N–H and O–H groups in total. The predicted octanol–water partition coefficient (Wildman–Crippen LogP) is 3.08. The Kier molecular flexibility index (Phi) is 8.12. The van der Waals surface area contributed by atoms with Gasteiger partial charge in [-0.05, 0) is 46.1 Å². The summed E-state index contributed by atoms with van der Waals surface area (Å²) >= 11 is 2.42. The Morgan fingerprint density at radius 1 is 1.32 bits per heavy atom. The van der Waals surface area contributed by atoms with Crippen LogP contribution in [0.15, 0.2) is 9.95 Å². The van der Waals surface area contributed by atoms with Gasteiger partial charge in [0, 0.05) is 19.7 Å². The number of fused-ring (bicyclic) bond motifs is 1. The molecule has 1 saturated heterocycles. The molecule has 170 valence electrons. The summed E-state index contributed by atoms with van der Waals surface area (Å²) in [5.41, 5.74) is 0.385. The highest BCUT2D eigenvalue weighted by Crippen LogP contribution is 2.30. The first-order chi connectivity index (χ1) is 14.9. The lowest BCUT2D eigenvalue weighted by Crippen LogP contribution is -2.33. The van der Waals surface area contributed by atoms with Crippen molar-refractivity contribution in [1.82, 2.24) is 14.5 Å². The van der Waals surface area contributed by atoms with E-state index in [-0.39, 0.29) is 29.9 Å². The van der Waals surface area contributed by atoms with Gasteiger partial charge in [-0.25, -0.2) is 9.78 Å². The Balaban J connectivity index is 2.02. The third-order valence-corrected chi connectivity index (χ3v) is 7.45. The van der Waals surface area contributed by atoms with Crippen LogP contribution < -0.4 is 5.56 Å². The minimum Gasteiger partial charge on any atom is -0.462 e. The zero-order chi connectivity index (χ0) is 22.5. The summed E-state index contributed by atoms with van der Waals surface area (Å²) < 4.78 is 12.5. The Labute approximate surface area is 189 Å². The van der Waals surface area contributed by atoms with E-state index in [0.717, 1.165) is 24.2 Å². The molecule has 2 aromatic heterocycles. The minimum atomic E-state index is -0.445. The quantitative estimate of drug-likeness (QED) is 0.318. The number of thioether (sulfide) groups is 1. The number of hydrogen-bond donors (Lipinski definition) is 0. The molecule has 1 unspecified atom stereocenters. The van der Waals surface area contributed by atoms with Gasteiger partial charge in [-0.1, -0.05) is 11.8 Å². The van der Waals surface area contributed by atoms with Crippen LogP contribution in [0.1, 0.15) is 48.8 Å². The van der Waals surface area contributed by atoms with E-state index >= 15 is 0 Å². The standard InChI is InChI=1S/C21H29N3O5S2/c1-5-23(6-2)15(25)12-30-21-22-18-16(13(4)17(31-18)20(27)28-7-3)19(26)24(21)11-14-9-8-10-29-14/h14H,5-12H2,1-4H3. The number of hydrogen-bond acceptors (Lipinski definition) is 8. The number of ether oxygens (including phenoxy) is 2. The van der Waals surface area contributed by atoms with E-state index in [1.165, 1.54) is 11.8 Å². The second-order valence-electron chi connectivity index (χ2n) is 7.26. The topological polar surface area (TPSA) is 90.7 Å². The van der Waals surface area contributed by atoms with E-state index in [2.05, 4.69) is 0 Å². The maximum Gasteiger partial charge on any atom is 0.348 e. The molecule has 1 amide bonds. The average molecular weight is 468 g/mol. The van der Waals surface area contributed by atoms with Crippen LogP contribution in [0, 0.1) is 6.92 Å². The molecule has 1 atom stereocenters. The van der Waals surface area contributed by atoms with Gasteiger partial charge in [0.1, 0.15) is 9.71 Å². The number of rotatable bonds is 9. The molecule has 2 aromatic rings. The molecule has 0 saturated carbocycles. The first-order valence-electron chi connectivity index (χ1n) is 10.6. The smallest absolute Gasteiger partial charge is 0.348 e. The van der Waals surface area contributed by atoms with Gasteiger partial charge in [0.05, 0.1) is 30.4 Å². The third kappa shape index (κ3) is 5.12. The molecule has 10 heteroatoms. The van der Waals surface area contributed by atoms with Crippen molar-refractivity contribution in [3.8, 4) is 0 Å². The number of carbonyl (C=O) groups excluding carboxylic acids is 2. The molecule has 3 heterocycles. The number of nitrogens with zero attached hydrogens (tertiary/aromatic N) is 3. The molecule has 0 aromatic carbocycles. The molecular weight excluding hydrogens is 438 g/mol. The van der Waals surface area contributed by atoms with Crippen LogP contribution in [0.3, 0.4) is 0 Å². The molecule has 3 rings (SSSR count). The van der Waals surface area contributed by atoms with Crippen molar-refractivity contribution in [2.75, 3.05) is 32.1 Å². The van der Waals surface area contributed by atoms with Crippen LogP contribution in [-0.2, 0) is 20.8 Å². The SMILES string of the molecule is CCOC(=O)c1sc2nc(SCC(=O)N(CC)CC)n(CC3CCCO3)c(=O)c2c1C. The Bertz CT molecular complexity index is 1010. The van der Waals surface area contributed by atoms with Crippen LogP contribution in [0.25, 0.3) is 10.2 Å². The normalized spacial score (nSPS) is 16.1. The van der Waals surface area contributed by atoms with Crippen molar-refractivity contribution in [2.24, 2.45) is 0 Å². The van der Waals surface area contributed by atoms with Gasteiger partial charge in [-0.2, -0.15) is 0 Å². The number of carbonyl (C=O) groups is 2. The van der Waals surface area contributed by atoms with E-state index < -0.39 is 5.97 Å². The third-order valence-electron chi connectivity index (χ3n) is 5.33. The maximum atomic E-state index is 13.5. The molecule has 0 bridgehead atoms. The summed E-state index contributed by atoms with van der Waals surface area (Å²) in [6.07, 6.45) is 1.78. The number of esters is 1. The van der Waals surface area contributed by atoms with Crippen LogP contribution >= 0.6 is 23.1 Å². The van der Waals surface area contributed by atoms with E-state index in [0.29, 0.717) is 52.1 Å². The fraction of sp³-hybridized carbons (Fsp3) is 0.619. The summed E-state index contributed by atoms with van der Waals surface area (Å²) in [6.45, 7) is 9.98. The van der Waals surface area contributed by atoms with Gasteiger partial charge in [0.2, 0.25) is 5.91 Å². The second-order valence-corrected chi connectivity index (χ2v) is 9.20. The van der Waals surface area contributed by atoms with E-state index in [9.17, 15) is 14.4 Å². The lowest BCUT2D eigenvalue weighted by atomic mass is 10.2. The molecule has 1 aliphatic rings. The highest BCUT2D eigenvalue weighted by Gasteiger charge is 2.25. The Hall–Kier alpha value is -1.91. The van der Waals surface area contributed by atoms with Crippen molar-refractivity contribution in [3.63, 3.8) is 0 Å². The molecule has 31 heavy (non-hydrogen) atoms. The van der Waals surface area contributed by atoms with Gasteiger partial charge >= 0.3 is 5.97 Å². The molecule has 0 radical (unpaired) electrons. The van der Waals surface area contributed by atoms with E-state index in [1.807, 2.05) is 13.8 Å². The zero-order valence-electron chi connectivity index (χ0n) is 18.4. The van der Waals surface area contributed by atoms with Gasteiger partial charge < -0.3 is 14.4 Å². The fourth-order valence-electron chi connectivity index (χ4n) is 3.65. The van der Waals surface area contributed by atoms with Crippen molar-refractivity contribution < 1.29 is 19.1 Å². The van der Waals surface area contributed by atoms with Gasteiger partial charge in [-0.3, -0.25) is 14.2 Å². The van der Waals surface area contributed by atoms with Crippen molar-refractivity contribution >= 4 is 45.2 Å². The summed E-state index contributed by atoms with van der Waals surface area (Å²) in [5, 5.41) is 0.913. The number of thiophene rings is 1. The summed E-state index contributed by atoms with van der Waals surface area (Å²) in [4.78, 5) is 45.6. The largest absolute Gasteiger partial charge is 0.462 e. The highest BCUT2D eigenvalue weighted by molar-refractivity contribution is 7.99. The van der Waals surface area contributed by atoms with Crippen LogP contribution in [-0.4, -0.2) is 64.5 Å². The van der Waals surface area contributed by atoms with Gasteiger partial charge in [0.15, 0.2) is 5.16 Å². The monoisotopic (exact) mass is 467 g/mol. The lowest BCUT2D eigenvalue weighted by molar-refractivity contribution is -0.127. The van der Waals surface area contributed by atoms with Crippen LogP contribution in [0.5, 0.6) is 0 Å². The van der Waals surface area contributed by atoms with Gasteiger partial charge in [0.25, 0.3) is 5.56 Å². The molecule has 0 spiro atoms. The maximum absolute atomic E-state index is 13.5. The first kappa shape index (κ1) is 23.7. The summed E-state index contributed by atoms with van der Waals surface area (Å²) in [6, 6.07) is 0. The number of aromatic nitrogens is 2. The lowest BCUT2D eigenvalue weighted by Gasteiger charge is -2.19. The van der Waals surface area contributed by atoms with Crippen molar-refractivity contribution in [2.45, 2.75) is 58.3 Å². The van der Waals surface area contributed by atoms with Crippen molar-refractivity contribution in [1.29, 1.82) is 0 Å².